The second-order valence-corrected chi connectivity index (χ2v) is 6.49. The Morgan fingerprint density at radius 1 is 1.20 bits per heavy atom. The lowest BCUT2D eigenvalue weighted by atomic mass is 10.1. The zero-order valence-electron chi connectivity index (χ0n) is 7.96. The van der Waals surface area contributed by atoms with Crippen molar-refractivity contribution in [2.75, 3.05) is 0 Å². The van der Waals surface area contributed by atoms with Crippen LogP contribution in [0.3, 0.4) is 0 Å². The van der Waals surface area contributed by atoms with E-state index in [1.165, 1.54) is 0 Å². The second-order valence-electron chi connectivity index (χ2n) is 3.01. The van der Waals surface area contributed by atoms with Gasteiger partial charge in [0.1, 0.15) is 0 Å². The Kier molecular flexibility index (Phi) is 8.11. The van der Waals surface area contributed by atoms with Gasteiger partial charge < -0.3 is 4.98 Å². The molecule has 0 fully saturated rings. The molecule has 0 spiro atoms. The predicted octanol–water partition coefficient (Wildman–Crippen LogP) is 2.49. The van der Waals surface area contributed by atoms with E-state index in [1.807, 2.05) is 13.8 Å². The van der Waals surface area contributed by atoms with Crippen LogP contribution in [0.25, 0.3) is 0 Å². The third-order valence-electron chi connectivity index (χ3n) is 0.632. The molecular formula is C7H20ClNSi. The first-order valence-electron chi connectivity index (χ1n) is 3.83. The highest BCUT2D eigenvalue weighted by Gasteiger charge is 2.11. The van der Waals surface area contributed by atoms with Gasteiger partial charge in [0.05, 0.1) is 0 Å². The van der Waals surface area contributed by atoms with Crippen LogP contribution < -0.4 is 4.98 Å². The lowest BCUT2D eigenvalue weighted by Gasteiger charge is -2.21. The van der Waals surface area contributed by atoms with Gasteiger partial charge in [-0.1, -0.05) is 13.8 Å². The van der Waals surface area contributed by atoms with Crippen molar-refractivity contribution in [3.8, 4) is 0 Å². The van der Waals surface area contributed by atoms with Gasteiger partial charge in [0.2, 0.25) is 8.27 Å². The maximum atomic E-state index is 5.79. The molecule has 0 saturated carbocycles. The van der Waals surface area contributed by atoms with Gasteiger partial charge in [-0.15, -0.1) is 0 Å². The minimum absolute atomic E-state index is 0.202. The highest BCUT2D eigenvalue weighted by Crippen LogP contribution is 2.00. The van der Waals surface area contributed by atoms with Gasteiger partial charge in [0, 0.05) is 5.54 Å². The summed E-state index contributed by atoms with van der Waals surface area (Å²) in [5, 5.41) is 0. The van der Waals surface area contributed by atoms with Crippen molar-refractivity contribution in [2.24, 2.45) is 0 Å². The first-order valence-corrected chi connectivity index (χ1v) is 7.31. The Balaban J connectivity index is 0. The standard InChI is InChI=1S/C5H14ClNSi.C2H6/c1-5(2,3)7-8(4)6;1-2/h7-8H,1-4H3;1-2H3. The van der Waals surface area contributed by atoms with Crippen LogP contribution in [-0.4, -0.2) is 13.8 Å². The highest BCUT2D eigenvalue weighted by atomic mass is 35.6. The summed E-state index contributed by atoms with van der Waals surface area (Å²) in [5.74, 6) is 0. The Labute approximate surface area is 71.6 Å². The molecule has 1 unspecified atom stereocenters. The predicted molar refractivity (Wildman–Crippen MR) is 53.1 cm³/mol. The van der Waals surface area contributed by atoms with Crippen LogP contribution in [0.1, 0.15) is 34.6 Å². The summed E-state index contributed by atoms with van der Waals surface area (Å²) in [7, 11) is -1.07. The minimum atomic E-state index is -1.07. The fourth-order valence-corrected chi connectivity index (χ4v) is 2.77. The summed E-state index contributed by atoms with van der Waals surface area (Å²) in [6.07, 6.45) is 0. The first-order chi connectivity index (χ1) is 4.42. The Morgan fingerprint density at radius 2 is 1.50 bits per heavy atom. The Bertz CT molecular complexity index is 68.5. The molecule has 0 aromatic heterocycles. The topological polar surface area (TPSA) is 12.0 Å². The summed E-state index contributed by atoms with van der Waals surface area (Å²) in [4.78, 5) is 3.29. The molecule has 0 aliphatic rings. The minimum Gasteiger partial charge on any atom is -0.323 e. The third-order valence-corrected chi connectivity index (χ3v) is 2.22. The van der Waals surface area contributed by atoms with E-state index < -0.39 is 8.27 Å². The molecular weight excluding hydrogens is 162 g/mol. The maximum Gasteiger partial charge on any atom is 0.208 e. The summed E-state index contributed by atoms with van der Waals surface area (Å²) in [6.45, 7) is 12.4. The molecule has 1 atom stereocenters. The van der Waals surface area contributed by atoms with Crippen LogP contribution in [0.2, 0.25) is 6.55 Å². The van der Waals surface area contributed by atoms with E-state index in [4.69, 9.17) is 11.1 Å². The lowest BCUT2D eigenvalue weighted by molar-refractivity contribution is 0.522. The third kappa shape index (κ3) is 15.8. The largest absolute Gasteiger partial charge is 0.323 e. The zero-order valence-corrected chi connectivity index (χ0v) is 9.87. The van der Waals surface area contributed by atoms with E-state index in [2.05, 4.69) is 32.3 Å². The maximum absolute atomic E-state index is 5.79. The van der Waals surface area contributed by atoms with Crippen molar-refractivity contribution in [3.05, 3.63) is 0 Å². The molecule has 64 valence electrons. The molecule has 1 nitrogen and oxygen atoms in total. The van der Waals surface area contributed by atoms with E-state index in [9.17, 15) is 0 Å². The van der Waals surface area contributed by atoms with Crippen LogP contribution in [-0.2, 0) is 0 Å². The molecule has 0 aromatic rings. The lowest BCUT2D eigenvalue weighted by Crippen LogP contribution is -2.42. The van der Waals surface area contributed by atoms with Crippen LogP contribution >= 0.6 is 11.1 Å². The summed E-state index contributed by atoms with van der Waals surface area (Å²) < 4.78 is 0. The van der Waals surface area contributed by atoms with E-state index in [1.54, 1.807) is 0 Å². The number of hydrogen-bond acceptors (Lipinski definition) is 1. The van der Waals surface area contributed by atoms with Crippen LogP contribution in [0, 0.1) is 0 Å². The molecule has 0 bridgehead atoms. The van der Waals surface area contributed by atoms with E-state index in [-0.39, 0.29) is 5.54 Å². The van der Waals surface area contributed by atoms with E-state index in [0.29, 0.717) is 0 Å². The number of hydrogen-bond donors (Lipinski definition) is 1. The van der Waals surface area contributed by atoms with Gasteiger partial charge in [-0.05, 0) is 27.3 Å². The number of nitrogens with one attached hydrogen (secondary N) is 1. The second kappa shape index (κ2) is 6.19. The summed E-state index contributed by atoms with van der Waals surface area (Å²) in [6, 6.07) is 0. The van der Waals surface area contributed by atoms with E-state index in [0.717, 1.165) is 0 Å². The smallest absolute Gasteiger partial charge is 0.208 e. The van der Waals surface area contributed by atoms with Gasteiger partial charge in [0.25, 0.3) is 0 Å². The number of halogens is 1. The molecule has 0 heterocycles. The quantitative estimate of drug-likeness (QED) is 0.484. The molecule has 0 rings (SSSR count). The van der Waals surface area contributed by atoms with E-state index >= 15 is 0 Å². The Hall–Kier alpha value is 0.467. The zero-order chi connectivity index (χ0) is 8.78. The van der Waals surface area contributed by atoms with Gasteiger partial charge >= 0.3 is 0 Å². The van der Waals surface area contributed by atoms with Gasteiger partial charge in [-0.2, -0.15) is 11.1 Å². The van der Waals surface area contributed by atoms with Gasteiger partial charge in [0.15, 0.2) is 0 Å². The highest BCUT2D eigenvalue weighted by molar-refractivity contribution is 7.04. The van der Waals surface area contributed by atoms with Crippen molar-refractivity contribution in [3.63, 3.8) is 0 Å². The normalized spacial score (nSPS) is 13.5. The van der Waals surface area contributed by atoms with Crippen LogP contribution in [0.4, 0.5) is 0 Å². The Morgan fingerprint density at radius 3 is 1.50 bits per heavy atom. The van der Waals surface area contributed by atoms with Crippen molar-refractivity contribution in [2.45, 2.75) is 46.7 Å². The molecule has 0 aliphatic heterocycles. The van der Waals surface area contributed by atoms with Crippen LogP contribution in [0.5, 0.6) is 0 Å². The molecule has 1 N–H and O–H groups in total. The van der Waals surface area contributed by atoms with Crippen molar-refractivity contribution in [1.29, 1.82) is 0 Å². The number of rotatable bonds is 1. The molecule has 0 aromatic carbocycles. The average Bonchev–Trinajstić information content (AvgIpc) is 1.64. The first kappa shape index (κ1) is 13.1. The van der Waals surface area contributed by atoms with Crippen molar-refractivity contribution >= 4 is 19.3 Å². The fourth-order valence-electron chi connectivity index (χ4n) is 0.597. The molecule has 0 amide bonds. The molecule has 3 heteroatoms. The molecule has 0 saturated heterocycles. The van der Waals surface area contributed by atoms with Crippen molar-refractivity contribution in [1.82, 2.24) is 4.98 Å². The van der Waals surface area contributed by atoms with Crippen LogP contribution in [0.15, 0.2) is 0 Å². The molecule has 0 aliphatic carbocycles. The SMILES string of the molecule is CC.C[SiH](Cl)NC(C)(C)C. The molecule has 10 heavy (non-hydrogen) atoms. The summed E-state index contributed by atoms with van der Waals surface area (Å²) in [5.41, 5.74) is 0.202. The van der Waals surface area contributed by atoms with Gasteiger partial charge in [-0.3, -0.25) is 0 Å². The van der Waals surface area contributed by atoms with Crippen molar-refractivity contribution < 1.29 is 0 Å². The molecule has 0 radical (unpaired) electrons. The summed E-state index contributed by atoms with van der Waals surface area (Å²) >= 11 is 5.79. The monoisotopic (exact) mass is 181 g/mol. The fraction of sp³-hybridized carbons (Fsp3) is 1.00. The van der Waals surface area contributed by atoms with Gasteiger partial charge in [-0.25, -0.2) is 0 Å². The average molecular weight is 182 g/mol.